The monoisotopic (exact) mass is 333 g/mol. The fourth-order valence-electron chi connectivity index (χ4n) is 2.31. The van der Waals surface area contributed by atoms with Gasteiger partial charge in [0.2, 0.25) is 5.91 Å². The Labute approximate surface area is 140 Å². The lowest BCUT2D eigenvalue weighted by atomic mass is 10.1. The van der Waals surface area contributed by atoms with Crippen molar-refractivity contribution < 1.29 is 14.4 Å². The molecule has 23 heavy (non-hydrogen) atoms. The lowest BCUT2D eigenvalue weighted by Crippen LogP contribution is -2.46. The molecule has 0 radical (unpaired) electrons. The minimum Gasteiger partial charge on any atom is -0.362 e. The first-order valence-corrected chi connectivity index (χ1v) is 7.98. The van der Waals surface area contributed by atoms with Crippen LogP contribution < -0.4 is 10.6 Å². The fraction of sp³-hybridized carbons (Fsp3) is 0.375. The average Bonchev–Trinajstić information content (AvgIpc) is 2.77. The molecule has 1 aromatic rings. The van der Waals surface area contributed by atoms with Crippen molar-refractivity contribution in [1.29, 1.82) is 0 Å². The smallest absolute Gasteiger partial charge is 0.262 e. The third-order valence-electron chi connectivity index (χ3n) is 3.50. The van der Waals surface area contributed by atoms with E-state index in [4.69, 9.17) is 12.2 Å². The molecule has 6 nitrogen and oxygen atoms in total. The summed E-state index contributed by atoms with van der Waals surface area (Å²) in [7, 11) is 0. The summed E-state index contributed by atoms with van der Waals surface area (Å²) < 4.78 is 0. The average molecular weight is 333 g/mol. The molecule has 1 heterocycles. The Morgan fingerprint density at radius 3 is 2.30 bits per heavy atom. The second-order valence-corrected chi connectivity index (χ2v) is 5.66. The third kappa shape index (κ3) is 4.13. The van der Waals surface area contributed by atoms with E-state index in [2.05, 4.69) is 17.6 Å². The van der Waals surface area contributed by atoms with Crippen LogP contribution in [0.15, 0.2) is 24.3 Å². The van der Waals surface area contributed by atoms with Crippen LogP contribution in [0.3, 0.4) is 0 Å². The number of benzene rings is 1. The number of imide groups is 1. The highest BCUT2D eigenvalue weighted by atomic mass is 32.1. The highest BCUT2D eigenvalue weighted by Gasteiger charge is 2.36. The highest BCUT2D eigenvalue weighted by Crippen LogP contribution is 2.21. The van der Waals surface area contributed by atoms with Gasteiger partial charge in [0.15, 0.2) is 5.11 Å². The highest BCUT2D eigenvalue weighted by molar-refractivity contribution is 7.80. The topological polar surface area (TPSA) is 78.5 Å². The summed E-state index contributed by atoms with van der Waals surface area (Å²) in [5, 5.41) is 5.62. The lowest BCUT2D eigenvalue weighted by Gasteiger charge is -2.14. The van der Waals surface area contributed by atoms with Gasteiger partial charge in [0, 0.05) is 6.54 Å². The van der Waals surface area contributed by atoms with Gasteiger partial charge in [-0.3, -0.25) is 19.3 Å². The SMILES string of the molecule is CCCCCNC(=S)NC(=O)CN1C(=O)c2ccccc2C1=O. The van der Waals surface area contributed by atoms with E-state index in [1.54, 1.807) is 24.3 Å². The van der Waals surface area contributed by atoms with E-state index in [1.807, 2.05) is 0 Å². The molecule has 1 aromatic carbocycles. The molecule has 1 aliphatic rings. The van der Waals surface area contributed by atoms with Gasteiger partial charge < -0.3 is 10.6 Å². The van der Waals surface area contributed by atoms with Crippen LogP contribution in [-0.2, 0) is 4.79 Å². The van der Waals surface area contributed by atoms with Gasteiger partial charge in [-0.05, 0) is 30.8 Å². The van der Waals surface area contributed by atoms with E-state index < -0.39 is 17.7 Å². The van der Waals surface area contributed by atoms with E-state index >= 15 is 0 Å². The zero-order chi connectivity index (χ0) is 16.8. The zero-order valence-electron chi connectivity index (χ0n) is 12.9. The van der Waals surface area contributed by atoms with Crippen molar-refractivity contribution in [1.82, 2.24) is 15.5 Å². The third-order valence-corrected chi connectivity index (χ3v) is 3.75. The largest absolute Gasteiger partial charge is 0.362 e. The van der Waals surface area contributed by atoms with Crippen molar-refractivity contribution in [3.8, 4) is 0 Å². The van der Waals surface area contributed by atoms with Gasteiger partial charge in [0.1, 0.15) is 6.54 Å². The number of nitrogens with zero attached hydrogens (tertiary/aromatic N) is 1. The Morgan fingerprint density at radius 2 is 1.74 bits per heavy atom. The number of carbonyl (C=O) groups excluding carboxylic acids is 3. The summed E-state index contributed by atoms with van der Waals surface area (Å²) in [5.74, 6) is -1.40. The summed E-state index contributed by atoms with van der Waals surface area (Å²) in [6.45, 7) is 2.44. The van der Waals surface area contributed by atoms with Gasteiger partial charge in [0.25, 0.3) is 11.8 Å². The van der Waals surface area contributed by atoms with Gasteiger partial charge in [-0.25, -0.2) is 0 Å². The Morgan fingerprint density at radius 1 is 1.13 bits per heavy atom. The first-order chi connectivity index (χ1) is 11.0. The van der Waals surface area contributed by atoms with Gasteiger partial charge in [0.05, 0.1) is 11.1 Å². The van der Waals surface area contributed by atoms with E-state index in [0.717, 1.165) is 24.2 Å². The molecule has 1 aliphatic heterocycles. The Balaban J connectivity index is 1.86. The van der Waals surface area contributed by atoms with E-state index in [1.165, 1.54) is 0 Å². The molecular formula is C16H19N3O3S. The van der Waals surface area contributed by atoms with E-state index in [0.29, 0.717) is 17.7 Å². The van der Waals surface area contributed by atoms with Crippen molar-refractivity contribution in [2.75, 3.05) is 13.1 Å². The van der Waals surface area contributed by atoms with E-state index in [-0.39, 0.29) is 11.7 Å². The fourth-order valence-corrected chi connectivity index (χ4v) is 2.53. The number of thiocarbonyl (C=S) groups is 1. The second kappa shape index (κ2) is 7.82. The Bertz CT molecular complexity index is 610. The van der Waals surface area contributed by atoms with Crippen molar-refractivity contribution in [3.63, 3.8) is 0 Å². The lowest BCUT2D eigenvalue weighted by molar-refractivity contribution is -0.120. The summed E-state index contributed by atoms with van der Waals surface area (Å²) in [4.78, 5) is 37.2. The maximum absolute atomic E-state index is 12.1. The predicted octanol–water partition coefficient (Wildman–Crippen LogP) is 1.46. The van der Waals surface area contributed by atoms with Crippen LogP contribution in [0.4, 0.5) is 0 Å². The molecule has 122 valence electrons. The summed E-state index contributed by atoms with van der Waals surface area (Å²) in [6.07, 6.45) is 3.14. The van der Waals surface area contributed by atoms with Crippen LogP contribution >= 0.6 is 12.2 Å². The minimum atomic E-state index is -0.493. The number of rotatable bonds is 6. The number of carbonyl (C=O) groups is 3. The van der Waals surface area contributed by atoms with Gasteiger partial charge in [-0.15, -0.1) is 0 Å². The Hall–Kier alpha value is -2.28. The van der Waals surface area contributed by atoms with Crippen LogP contribution in [0.5, 0.6) is 0 Å². The summed E-state index contributed by atoms with van der Waals surface area (Å²) >= 11 is 5.02. The number of unbranched alkanes of at least 4 members (excludes halogenated alkanes) is 2. The van der Waals surface area contributed by atoms with Gasteiger partial charge in [-0.2, -0.15) is 0 Å². The molecule has 0 atom stereocenters. The summed E-state index contributed by atoms with van der Waals surface area (Å²) in [6, 6.07) is 6.52. The number of amides is 3. The molecule has 0 saturated heterocycles. The minimum absolute atomic E-state index is 0.211. The zero-order valence-corrected chi connectivity index (χ0v) is 13.7. The van der Waals surface area contributed by atoms with Gasteiger partial charge >= 0.3 is 0 Å². The molecule has 0 saturated carbocycles. The molecule has 0 aliphatic carbocycles. The van der Waals surface area contributed by atoms with Crippen LogP contribution in [-0.4, -0.2) is 40.8 Å². The van der Waals surface area contributed by atoms with Crippen molar-refractivity contribution in [3.05, 3.63) is 35.4 Å². The van der Waals surface area contributed by atoms with E-state index in [9.17, 15) is 14.4 Å². The number of nitrogens with one attached hydrogen (secondary N) is 2. The van der Waals surface area contributed by atoms with Gasteiger partial charge in [-0.1, -0.05) is 31.9 Å². The van der Waals surface area contributed by atoms with Crippen molar-refractivity contribution >= 4 is 35.1 Å². The molecule has 2 N–H and O–H groups in total. The first kappa shape index (κ1) is 17.1. The molecule has 0 unspecified atom stereocenters. The Kier molecular flexibility index (Phi) is 5.81. The normalized spacial score (nSPS) is 13.0. The van der Waals surface area contributed by atoms with Crippen LogP contribution in [0.2, 0.25) is 0 Å². The number of hydrogen-bond acceptors (Lipinski definition) is 4. The molecule has 0 aromatic heterocycles. The molecule has 3 amide bonds. The molecule has 0 bridgehead atoms. The summed E-state index contributed by atoms with van der Waals surface area (Å²) in [5.41, 5.74) is 0.649. The first-order valence-electron chi connectivity index (χ1n) is 7.57. The number of fused-ring (bicyclic) bond motifs is 1. The maximum atomic E-state index is 12.1. The van der Waals surface area contributed by atoms with Crippen LogP contribution in [0, 0.1) is 0 Å². The quantitative estimate of drug-likeness (QED) is 0.468. The van der Waals surface area contributed by atoms with Crippen molar-refractivity contribution in [2.24, 2.45) is 0 Å². The second-order valence-electron chi connectivity index (χ2n) is 5.25. The molecule has 7 heteroatoms. The standard InChI is InChI=1S/C16H19N3O3S/c1-2-3-6-9-17-16(23)18-13(20)10-19-14(21)11-7-4-5-8-12(11)15(19)22/h4-5,7-8H,2-3,6,9-10H2,1H3,(H2,17,18,20,23). The van der Waals surface area contributed by atoms with Crippen molar-refractivity contribution in [2.45, 2.75) is 26.2 Å². The number of hydrogen-bond donors (Lipinski definition) is 2. The molecule has 0 fully saturated rings. The van der Waals surface area contributed by atoms with Crippen LogP contribution in [0.25, 0.3) is 0 Å². The molecule has 0 spiro atoms. The molecular weight excluding hydrogens is 314 g/mol. The van der Waals surface area contributed by atoms with Crippen LogP contribution in [0.1, 0.15) is 46.9 Å². The maximum Gasteiger partial charge on any atom is 0.262 e. The predicted molar refractivity (Wildman–Crippen MR) is 90.1 cm³/mol. The molecule has 2 rings (SSSR count).